The van der Waals surface area contributed by atoms with E-state index < -0.39 is 24.1 Å². The quantitative estimate of drug-likeness (QED) is 0.360. The van der Waals surface area contributed by atoms with Gasteiger partial charge in [0, 0.05) is 6.20 Å². The molecule has 0 fully saturated rings. The molecule has 2 amide bonds. The fraction of sp³-hybridized carbons (Fsp3) is 0.310. The maximum absolute atomic E-state index is 13.3. The molecular formula is C29H33N3O4. The van der Waals surface area contributed by atoms with E-state index in [0.717, 1.165) is 11.1 Å². The van der Waals surface area contributed by atoms with Gasteiger partial charge in [0.15, 0.2) is 0 Å². The van der Waals surface area contributed by atoms with Crippen molar-refractivity contribution < 1.29 is 19.1 Å². The van der Waals surface area contributed by atoms with Gasteiger partial charge in [0.25, 0.3) is 0 Å². The molecule has 0 saturated carbocycles. The number of nitrogens with one attached hydrogen (secondary N) is 2. The Kier molecular flexibility index (Phi) is 10.2. The van der Waals surface area contributed by atoms with Gasteiger partial charge in [-0.15, -0.1) is 0 Å². The molecule has 2 aromatic carbocycles. The Balaban J connectivity index is 1.69. The zero-order valence-corrected chi connectivity index (χ0v) is 20.7. The van der Waals surface area contributed by atoms with E-state index in [0.29, 0.717) is 19.3 Å². The van der Waals surface area contributed by atoms with Crippen LogP contribution in [0.5, 0.6) is 0 Å². The molecule has 2 unspecified atom stereocenters. The molecule has 0 aliphatic carbocycles. The molecule has 2 atom stereocenters. The standard InChI is InChI=1S/C29H33N3O4/c1-21(2)19-26(32-29(35)36-20-23-13-7-4-8-14-23)28(34)31-25(17-16-22-11-5-3-6-12-22)27(33)24-15-9-10-18-30-24/h3-15,18,21,25-26H,16-17,19-20H2,1-2H3,(H,31,34)(H,32,35). The first-order valence-corrected chi connectivity index (χ1v) is 12.2. The van der Waals surface area contributed by atoms with E-state index in [1.807, 2.05) is 74.5 Å². The summed E-state index contributed by atoms with van der Waals surface area (Å²) in [6, 6.07) is 22.6. The second kappa shape index (κ2) is 13.8. The lowest BCUT2D eigenvalue weighted by molar-refractivity contribution is -0.124. The van der Waals surface area contributed by atoms with Gasteiger partial charge in [-0.1, -0.05) is 80.6 Å². The third-order valence-electron chi connectivity index (χ3n) is 5.64. The van der Waals surface area contributed by atoms with Crippen LogP contribution in [0.3, 0.4) is 0 Å². The number of pyridine rings is 1. The minimum Gasteiger partial charge on any atom is -0.445 e. The summed E-state index contributed by atoms with van der Waals surface area (Å²) >= 11 is 0. The van der Waals surface area contributed by atoms with Gasteiger partial charge in [0.05, 0.1) is 6.04 Å². The van der Waals surface area contributed by atoms with E-state index in [4.69, 9.17) is 4.74 Å². The number of Topliss-reactive ketones (excluding diaryl/α,β-unsaturated/α-hetero) is 1. The maximum atomic E-state index is 13.3. The van der Waals surface area contributed by atoms with E-state index >= 15 is 0 Å². The first-order valence-electron chi connectivity index (χ1n) is 12.2. The van der Waals surface area contributed by atoms with Crippen LogP contribution in [-0.4, -0.2) is 34.9 Å². The Morgan fingerprint density at radius 2 is 1.44 bits per heavy atom. The van der Waals surface area contributed by atoms with Crippen LogP contribution >= 0.6 is 0 Å². The van der Waals surface area contributed by atoms with Gasteiger partial charge in [-0.2, -0.15) is 0 Å². The highest BCUT2D eigenvalue weighted by atomic mass is 16.5. The average Bonchev–Trinajstić information content (AvgIpc) is 2.90. The van der Waals surface area contributed by atoms with Crippen molar-refractivity contribution in [3.8, 4) is 0 Å². The van der Waals surface area contributed by atoms with E-state index in [-0.39, 0.29) is 24.0 Å². The van der Waals surface area contributed by atoms with Crippen molar-refractivity contribution in [3.63, 3.8) is 0 Å². The molecule has 7 nitrogen and oxygen atoms in total. The van der Waals surface area contributed by atoms with Crippen LogP contribution in [0.2, 0.25) is 0 Å². The SMILES string of the molecule is CC(C)CC(NC(=O)OCc1ccccc1)C(=O)NC(CCc1ccccc1)C(=O)c1ccccn1. The molecule has 1 aromatic heterocycles. The fourth-order valence-corrected chi connectivity index (χ4v) is 3.79. The zero-order valence-electron chi connectivity index (χ0n) is 20.7. The lowest BCUT2D eigenvalue weighted by Gasteiger charge is -2.24. The summed E-state index contributed by atoms with van der Waals surface area (Å²) in [6.07, 6.45) is 2.27. The Bertz CT molecular complexity index is 1110. The average molecular weight is 488 g/mol. The summed E-state index contributed by atoms with van der Waals surface area (Å²) in [7, 11) is 0. The van der Waals surface area contributed by atoms with Gasteiger partial charge < -0.3 is 15.4 Å². The maximum Gasteiger partial charge on any atom is 0.408 e. The summed E-state index contributed by atoms with van der Waals surface area (Å²) in [4.78, 5) is 43.2. The molecule has 0 spiro atoms. The highest BCUT2D eigenvalue weighted by Gasteiger charge is 2.28. The number of carbonyl (C=O) groups excluding carboxylic acids is 3. The minimum absolute atomic E-state index is 0.0978. The number of hydrogen-bond donors (Lipinski definition) is 2. The Morgan fingerprint density at radius 3 is 2.06 bits per heavy atom. The predicted octanol–water partition coefficient (Wildman–Crippen LogP) is 4.72. The first-order chi connectivity index (χ1) is 17.4. The Hall–Kier alpha value is -4.00. The Labute approximate surface area is 212 Å². The van der Waals surface area contributed by atoms with Crippen molar-refractivity contribution >= 4 is 17.8 Å². The van der Waals surface area contributed by atoms with E-state index in [9.17, 15) is 14.4 Å². The van der Waals surface area contributed by atoms with Crippen LogP contribution in [0, 0.1) is 5.92 Å². The molecule has 3 rings (SSSR count). The molecule has 2 N–H and O–H groups in total. The first kappa shape index (κ1) is 26.6. The molecule has 0 radical (unpaired) electrons. The molecule has 36 heavy (non-hydrogen) atoms. The molecule has 0 saturated heterocycles. The zero-order chi connectivity index (χ0) is 25.8. The van der Waals surface area contributed by atoms with E-state index in [1.165, 1.54) is 0 Å². The highest BCUT2D eigenvalue weighted by molar-refractivity contribution is 6.01. The van der Waals surface area contributed by atoms with Crippen LogP contribution < -0.4 is 10.6 Å². The van der Waals surface area contributed by atoms with Gasteiger partial charge in [-0.3, -0.25) is 14.6 Å². The molecular weight excluding hydrogens is 454 g/mol. The van der Waals surface area contributed by atoms with Gasteiger partial charge in [0.1, 0.15) is 18.3 Å². The number of rotatable bonds is 12. The van der Waals surface area contributed by atoms with Crippen LogP contribution in [0.1, 0.15) is 48.3 Å². The van der Waals surface area contributed by atoms with Gasteiger partial charge in [-0.25, -0.2) is 4.79 Å². The number of ether oxygens (including phenoxy) is 1. The van der Waals surface area contributed by atoms with Crippen LogP contribution in [-0.2, 0) is 22.6 Å². The van der Waals surface area contributed by atoms with Crippen LogP contribution in [0.25, 0.3) is 0 Å². The lowest BCUT2D eigenvalue weighted by atomic mass is 9.98. The summed E-state index contributed by atoms with van der Waals surface area (Å²) in [5.41, 5.74) is 2.19. The predicted molar refractivity (Wildman–Crippen MR) is 138 cm³/mol. The highest BCUT2D eigenvalue weighted by Crippen LogP contribution is 2.12. The van der Waals surface area contributed by atoms with Crippen LogP contribution in [0.15, 0.2) is 85.1 Å². The molecule has 0 aliphatic rings. The number of amides is 2. The van der Waals surface area contributed by atoms with Crippen molar-refractivity contribution in [2.24, 2.45) is 5.92 Å². The van der Waals surface area contributed by atoms with Crippen molar-refractivity contribution in [2.45, 2.75) is 51.8 Å². The number of nitrogens with zero attached hydrogens (tertiary/aromatic N) is 1. The molecule has 7 heteroatoms. The topological polar surface area (TPSA) is 97.4 Å². The number of aryl methyl sites for hydroxylation is 1. The molecule has 3 aromatic rings. The van der Waals surface area contributed by atoms with Crippen molar-refractivity contribution in [2.75, 3.05) is 0 Å². The molecule has 0 aliphatic heterocycles. The second-order valence-electron chi connectivity index (χ2n) is 9.05. The van der Waals surface area contributed by atoms with Gasteiger partial charge in [0.2, 0.25) is 11.7 Å². The molecule has 1 heterocycles. The number of aromatic nitrogens is 1. The number of ketones is 1. The third kappa shape index (κ3) is 8.65. The largest absolute Gasteiger partial charge is 0.445 e. The van der Waals surface area contributed by atoms with Gasteiger partial charge in [-0.05, 0) is 48.4 Å². The van der Waals surface area contributed by atoms with Crippen LogP contribution in [0.4, 0.5) is 4.79 Å². The number of alkyl carbamates (subject to hydrolysis) is 1. The molecule has 0 bridgehead atoms. The Morgan fingerprint density at radius 1 is 0.806 bits per heavy atom. The number of benzene rings is 2. The molecule has 188 valence electrons. The van der Waals surface area contributed by atoms with E-state index in [1.54, 1.807) is 24.4 Å². The summed E-state index contributed by atoms with van der Waals surface area (Å²) in [5.74, 6) is -0.568. The monoisotopic (exact) mass is 487 g/mol. The lowest BCUT2D eigenvalue weighted by Crippen LogP contribution is -2.52. The fourth-order valence-electron chi connectivity index (χ4n) is 3.79. The van der Waals surface area contributed by atoms with Crippen molar-refractivity contribution in [1.29, 1.82) is 0 Å². The third-order valence-corrected chi connectivity index (χ3v) is 5.64. The summed E-state index contributed by atoms with van der Waals surface area (Å²) < 4.78 is 5.31. The minimum atomic E-state index is -0.843. The smallest absolute Gasteiger partial charge is 0.408 e. The van der Waals surface area contributed by atoms with Crippen molar-refractivity contribution in [1.82, 2.24) is 15.6 Å². The summed E-state index contributed by atoms with van der Waals surface area (Å²) in [6.45, 7) is 4.02. The number of carbonyl (C=O) groups is 3. The van der Waals surface area contributed by atoms with Crippen molar-refractivity contribution in [3.05, 3.63) is 102 Å². The number of hydrogen-bond acceptors (Lipinski definition) is 5. The summed E-state index contributed by atoms with van der Waals surface area (Å²) in [5, 5.41) is 5.55. The van der Waals surface area contributed by atoms with E-state index in [2.05, 4.69) is 15.6 Å². The normalized spacial score (nSPS) is 12.4. The second-order valence-corrected chi connectivity index (χ2v) is 9.05. The van der Waals surface area contributed by atoms with Gasteiger partial charge >= 0.3 is 6.09 Å².